The molecule has 1 aromatic rings. The zero-order valence-electron chi connectivity index (χ0n) is 12.5. The lowest BCUT2D eigenvalue weighted by molar-refractivity contribution is -0.130. The van der Waals surface area contributed by atoms with Crippen LogP contribution in [0.5, 0.6) is 0 Å². The van der Waals surface area contributed by atoms with E-state index in [2.05, 4.69) is 29.5 Å². The maximum atomic E-state index is 12.2. The van der Waals surface area contributed by atoms with Gasteiger partial charge in [-0.05, 0) is 26.2 Å². The van der Waals surface area contributed by atoms with Crippen LogP contribution < -0.4 is 5.32 Å². The molecule has 2 heterocycles. The van der Waals surface area contributed by atoms with Crippen molar-refractivity contribution >= 4 is 17.2 Å². The zero-order chi connectivity index (χ0) is 14.4. The number of aryl methyl sites for hydroxylation is 1. The van der Waals surface area contributed by atoms with E-state index in [0.29, 0.717) is 6.54 Å². The van der Waals surface area contributed by atoms with Crippen LogP contribution in [0.25, 0.3) is 0 Å². The van der Waals surface area contributed by atoms with Gasteiger partial charge in [0.25, 0.3) is 0 Å². The van der Waals surface area contributed by atoms with Gasteiger partial charge in [0.15, 0.2) is 0 Å². The molecule has 1 N–H and O–H groups in total. The summed E-state index contributed by atoms with van der Waals surface area (Å²) in [5.74, 6) is 0.227. The fraction of sp³-hybridized carbons (Fsp3) is 0.733. The first-order valence-electron chi connectivity index (χ1n) is 7.66. The Kier molecular flexibility index (Phi) is 5.98. The minimum Gasteiger partial charge on any atom is -0.342 e. The summed E-state index contributed by atoms with van der Waals surface area (Å²) in [6.07, 6.45) is 5.78. The molecule has 4 nitrogen and oxygen atoms in total. The molecule has 1 atom stereocenters. The predicted molar refractivity (Wildman–Crippen MR) is 83.0 cm³/mol. The van der Waals surface area contributed by atoms with Gasteiger partial charge in [0.2, 0.25) is 5.91 Å². The van der Waals surface area contributed by atoms with Gasteiger partial charge in [0.05, 0.1) is 17.2 Å². The highest BCUT2D eigenvalue weighted by Crippen LogP contribution is 2.17. The molecule has 20 heavy (non-hydrogen) atoms. The monoisotopic (exact) mass is 295 g/mol. The van der Waals surface area contributed by atoms with E-state index in [1.165, 1.54) is 12.8 Å². The highest BCUT2D eigenvalue weighted by molar-refractivity contribution is 7.09. The molecule has 2 rings (SSSR count). The van der Waals surface area contributed by atoms with Crippen LogP contribution in [-0.4, -0.2) is 35.4 Å². The number of thiazole rings is 1. The third-order valence-corrected chi connectivity index (χ3v) is 4.85. The molecule has 0 aliphatic carbocycles. The molecule has 0 bridgehead atoms. The Morgan fingerprint density at radius 3 is 2.70 bits per heavy atom. The van der Waals surface area contributed by atoms with E-state index in [4.69, 9.17) is 0 Å². The van der Waals surface area contributed by atoms with Crippen LogP contribution in [-0.2, 0) is 11.2 Å². The Morgan fingerprint density at radius 2 is 2.10 bits per heavy atom. The van der Waals surface area contributed by atoms with Crippen molar-refractivity contribution in [3.63, 3.8) is 0 Å². The molecule has 1 fully saturated rings. The maximum absolute atomic E-state index is 12.2. The standard InChI is InChI=1S/C15H25N3OS/c1-3-14-17-13(11-20-14)12(2)16-10-15(19)18-8-6-4-5-7-9-18/h11-12,16H,3-10H2,1-2H3/t12-/m1/s1. The summed E-state index contributed by atoms with van der Waals surface area (Å²) in [7, 11) is 0. The zero-order valence-corrected chi connectivity index (χ0v) is 13.3. The molecule has 112 valence electrons. The van der Waals surface area contributed by atoms with Crippen LogP contribution in [0.15, 0.2) is 5.38 Å². The number of aromatic nitrogens is 1. The molecule has 1 aromatic heterocycles. The van der Waals surface area contributed by atoms with Crippen molar-refractivity contribution in [2.45, 2.75) is 52.0 Å². The van der Waals surface area contributed by atoms with Crippen LogP contribution in [0, 0.1) is 0 Å². The van der Waals surface area contributed by atoms with Crippen molar-refractivity contribution in [1.82, 2.24) is 15.2 Å². The summed E-state index contributed by atoms with van der Waals surface area (Å²) in [5, 5.41) is 6.56. The molecule has 0 spiro atoms. The summed E-state index contributed by atoms with van der Waals surface area (Å²) in [5.41, 5.74) is 1.05. The Hall–Kier alpha value is -0.940. The van der Waals surface area contributed by atoms with E-state index in [9.17, 15) is 4.79 Å². The van der Waals surface area contributed by atoms with Crippen molar-refractivity contribution in [1.29, 1.82) is 0 Å². The van der Waals surface area contributed by atoms with E-state index in [-0.39, 0.29) is 11.9 Å². The quantitative estimate of drug-likeness (QED) is 0.908. The Bertz CT molecular complexity index is 425. The second-order valence-electron chi connectivity index (χ2n) is 5.42. The van der Waals surface area contributed by atoms with Crippen molar-refractivity contribution in [2.24, 2.45) is 0 Å². The number of carbonyl (C=O) groups excluding carboxylic acids is 1. The molecular weight excluding hydrogens is 270 g/mol. The number of likely N-dealkylation sites (tertiary alicyclic amines) is 1. The molecule has 1 saturated heterocycles. The lowest BCUT2D eigenvalue weighted by atomic mass is 10.2. The van der Waals surface area contributed by atoms with Crippen LogP contribution >= 0.6 is 11.3 Å². The lowest BCUT2D eigenvalue weighted by Gasteiger charge is -2.21. The van der Waals surface area contributed by atoms with E-state index in [1.807, 2.05) is 4.90 Å². The Balaban J connectivity index is 1.79. The third kappa shape index (κ3) is 4.28. The van der Waals surface area contributed by atoms with Gasteiger partial charge in [-0.1, -0.05) is 19.8 Å². The lowest BCUT2D eigenvalue weighted by Crippen LogP contribution is -2.39. The number of nitrogens with one attached hydrogen (secondary N) is 1. The van der Waals surface area contributed by atoms with Gasteiger partial charge in [-0.15, -0.1) is 11.3 Å². The fourth-order valence-corrected chi connectivity index (χ4v) is 3.30. The van der Waals surface area contributed by atoms with Crippen LogP contribution in [0.3, 0.4) is 0 Å². The smallest absolute Gasteiger partial charge is 0.236 e. The highest BCUT2D eigenvalue weighted by atomic mass is 32.1. The molecule has 0 unspecified atom stereocenters. The van der Waals surface area contributed by atoms with Gasteiger partial charge in [0.1, 0.15) is 0 Å². The predicted octanol–water partition coefficient (Wildman–Crippen LogP) is 2.76. The van der Waals surface area contributed by atoms with Crippen LogP contribution in [0.1, 0.15) is 56.3 Å². The normalized spacial score (nSPS) is 17.8. The van der Waals surface area contributed by atoms with Gasteiger partial charge < -0.3 is 10.2 Å². The van der Waals surface area contributed by atoms with E-state index < -0.39 is 0 Å². The van der Waals surface area contributed by atoms with Gasteiger partial charge >= 0.3 is 0 Å². The second kappa shape index (κ2) is 7.74. The molecule has 0 aromatic carbocycles. The van der Waals surface area contributed by atoms with Crippen molar-refractivity contribution in [2.75, 3.05) is 19.6 Å². The number of carbonyl (C=O) groups is 1. The summed E-state index contributed by atoms with van der Waals surface area (Å²) < 4.78 is 0. The minimum atomic E-state index is 0.141. The minimum absolute atomic E-state index is 0.141. The van der Waals surface area contributed by atoms with Gasteiger partial charge in [-0.2, -0.15) is 0 Å². The molecule has 0 radical (unpaired) electrons. The number of hydrogen-bond acceptors (Lipinski definition) is 4. The number of hydrogen-bond donors (Lipinski definition) is 1. The highest BCUT2D eigenvalue weighted by Gasteiger charge is 2.17. The van der Waals surface area contributed by atoms with E-state index >= 15 is 0 Å². The first kappa shape index (κ1) is 15.4. The van der Waals surface area contributed by atoms with E-state index in [0.717, 1.165) is 43.1 Å². The van der Waals surface area contributed by atoms with Crippen molar-refractivity contribution < 1.29 is 4.79 Å². The number of nitrogens with zero attached hydrogens (tertiary/aromatic N) is 2. The first-order chi connectivity index (χ1) is 9.70. The molecular formula is C15H25N3OS. The van der Waals surface area contributed by atoms with Crippen molar-refractivity contribution in [3.8, 4) is 0 Å². The van der Waals surface area contributed by atoms with Gasteiger partial charge in [-0.3, -0.25) is 4.79 Å². The number of amides is 1. The summed E-state index contributed by atoms with van der Waals surface area (Å²) >= 11 is 1.70. The number of rotatable bonds is 5. The summed E-state index contributed by atoms with van der Waals surface area (Å²) in [6.45, 7) is 6.45. The summed E-state index contributed by atoms with van der Waals surface area (Å²) in [4.78, 5) is 18.8. The van der Waals surface area contributed by atoms with Crippen LogP contribution in [0.2, 0.25) is 0 Å². The fourth-order valence-electron chi connectivity index (χ4n) is 2.46. The Morgan fingerprint density at radius 1 is 1.40 bits per heavy atom. The summed E-state index contributed by atoms with van der Waals surface area (Å²) in [6, 6.07) is 0.141. The molecule has 1 amide bonds. The topological polar surface area (TPSA) is 45.2 Å². The SMILES string of the molecule is CCc1nc([C@@H](C)NCC(=O)N2CCCCCC2)cs1. The van der Waals surface area contributed by atoms with Gasteiger partial charge in [-0.25, -0.2) is 4.98 Å². The molecule has 0 saturated carbocycles. The maximum Gasteiger partial charge on any atom is 0.236 e. The van der Waals surface area contributed by atoms with Crippen molar-refractivity contribution in [3.05, 3.63) is 16.1 Å². The average Bonchev–Trinajstić information content (AvgIpc) is 2.78. The third-order valence-electron chi connectivity index (χ3n) is 3.83. The molecule has 5 heteroatoms. The second-order valence-corrected chi connectivity index (χ2v) is 6.36. The van der Waals surface area contributed by atoms with Gasteiger partial charge in [0, 0.05) is 24.5 Å². The molecule has 1 aliphatic heterocycles. The largest absolute Gasteiger partial charge is 0.342 e. The van der Waals surface area contributed by atoms with Crippen LogP contribution in [0.4, 0.5) is 0 Å². The average molecular weight is 295 g/mol. The Labute approximate surface area is 125 Å². The first-order valence-corrected chi connectivity index (χ1v) is 8.54. The molecule has 1 aliphatic rings. The van der Waals surface area contributed by atoms with E-state index in [1.54, 1.807) is 11.3 Å².